The number of anilines is 1. The number of nitrogens with zero attached hydrogens (tertiary/aromatic N) is 1. The molecule has 1 aliphatic rings. The Morgan fingerprint density at radius 2 is 1.93 bits per heavy atom. The second-order valence-electron chi connectivity index (χ2n) is 6.45. The molecule has 12 heteroatoms. The van der Waals surface area contributed by atoms with Gasteiger partial charge in [-0.2, -0.15) is 13.2 Å². The van der Waals surface area contributed by atoms with Crippen molar-refractivity contribution in [2.45, 2.75) is 37.7 Å². The van der Waals surface area contributed by atoms with Crippen molar-refractivity contribution >= 4 is 18.1 Å². The third kappa shape index (κ3) is 4.46. The lowest BCUT2D eigenvalue weighted by molar-refractivity contribution is -0.139. The monoisotopic (exact) mass is 428 g/mol. The number of aromatic amines is 1. The number of piperidine rings is 1. The zero-order valence-electron chi connectivity index (χ0n) is 14.6. The minimum Gasteiger partial charge on any atom is -0.388 e. The van der Waals surface area contributed by atoms with Gasteiger partial charge in [0.1, 0.15) is 17.0 Å². The van der Waals surface area contributed by atoms with Crippen LogP contribution in [0.2, 0.25) is 0 Å². The van der Waals surface area contributed by atoms with Crippen LogP contribution in [0.3, 0.4) is 0 Å². The van der Waals surface area contributed by atoms with Crippen LogP contribution in [0, 0.1) is 5.82 Å². The minimum absolute atomic E-state index is 0. The maximum atomic E-state index is 15.1. The molecular weight excluding hydrogens is 411 g/mol. The molecule has 6 nitrogen and oxygen atoms in total. The highest BCUT2D eigenvalue weighted by atomic mass is 35.5. The van der Waals surface area contributed by atoms with Gasteiger partial charge in [0.2, 0.25) is 5.89 Å². The molecular formula is C16H18ClF5N4O2. The van der Waals surface area contributed by atoms with Gasteiger partial charge in [0, 0.05) is 5.56 Å². The molecule has 0 aliphatic carbocycles. The first-order valence-electron chi connectivity index (χ1n) is 8.23. The maximum Gasteiger partial charge on any atom is 0.434 e. The van der Waals surface area contributed by atoms with E-state index in [1.54, 1.807) is 0 Å². The predicted octanol–water partition coefficient (Wildman–Crippen LogP) is 3.50. The van der Waals surface area contributed by atoms with Crippen LogP contribution in [0.15, 0.2) is 21.3 Å². The zero-order valence-corrected chi connectivity index (χ0v) is 15.4. The summed E-state index contributed by atoms with van der Waals surface area (Å²) in [4.78, 5) is 11.1. The second-order valence-corrected chi connectivity index (χ2v) is 6.45. The van der Waals surface area contributed by atoms with E-state index in [2.05, 4.69) is 20.1 Å². The van der Waals surface area contributed by atoms with E-state index in [4.69, 9.17) is 0 Å². The first-order valence-corrected chi connectivity index (χ1v) is 8.23. The molecule has 1 aromatic carbocycles. The van der Waals surface area contributed by atoms with Crippen LogP contribution >= 0.6 is 12.4 Å². The van der Waals surface area contributed by atoms with Gasteiger partial charge in [0.05, 0.1) is 11.7 Å². The summed E-state index contributed by atoms with van der Waals surface area (Å²) in [6.07, 6.45) is -4.79. The average Bonchev–Trinajstić information content (AvgIpc) is 3.00. The van der Waals surface area contributed by atoms with Crippen LogP contribution < -0.4 is 16.4 Å². The molecule has 0 spiro atoms. The Hall–Kier alpha value is -2.14. The van der Waals surface area contributed by atoms with Crippen molar-refractivity contribution < 1.29 is 26.4 Å². The van der Waals surface area contributed by atoms with Crippen molar-refractivity contribution in [3.05, 3.63) is 34.1 Å². The molecule has 1 saturated heterocycles. The fraction of sp³-hybridized carbons (Fsp3) is 0.500. The molecule has 1 fully saturated rings. The molecule has 3 rings (SSSR count). The Labute approximate surface area is 162 Å². The third-order valence-corrected chi connectivity index (χ3v) is 4.64. The Bertz CT molecular complexity index is 877. The largest absolute Gasteiger partial charge is 0.434 e. The minimum atomic E-state index is -5.01. The van der Waals surface area contributed by atoms with Gasteiger partial charge in [-0.25, -0.2) is 18.7 Å². The first kappa shape index (κ1) is 22.2. The van der Waals surface area contributed by atoms with Crippen molar-refractivity contribution in [1.82, 2.24) is 15.5 Å². The topological polar surface area (TPSA) is 83.0 Å². The second kappa shape index (κ2) is 8.08. The molecule has 28 heavy (non-hydrogen) atoms. The average molecular weight is 429 g/mol. The standard InChI is InChI=1S/C16H17F5N4O2.ClH/c1-8(15(18)2-4-22-5-3-15)23-11-7-9(13-24-25-14(26)27-13)6-10(17)12(11)16(19,20)21;/h6-8,22-23H,2-5H2,1H3,(H,25,26);1H/t8-;/m0./s1. The lowest BCUT2D eigenvalue weighted by Crippen LogP contribution is -2.49. The highest BCUT2D eigenvalue weighted by Gasteiger charge is 2.41. The van der Waals surface area contributed by atoms with E-state index < -0.39 is 40.7 Å². The number of halogens is 6. The smallest absolute Gasteiger partial charge is 0.388 e. The van der Waals surface area contributed by atoms with Gasteiger partial charge in [-0.3, -0.25) is 0 Å². The molecule has 0 bridgehead atoms. The summed E-state index contributed by atoms with van der Waals surface area (Å²) in [6, 6.07) is 0.487. The highest BCUT2D eigenvalue weighted by Crippen LogP contribution is 2.40. The summed E-state index contributed by atoms with van der Waals surface area (Å²) >= 11 is 0. The lowest BCUT2D eigenvalue weighted by Gasteiger charge is -2.36. The van der Waals surface area contributed by atoms with Gasteiger partial charge in [0.25, 0.3) is 0 Å². The van der Waals surface area contributed by atoms with E-state index in [9.17, 15) is 22.4 Å². The normalized spacial score (nSPS) is 17.6. The number of hydrogen-bond acceptors (Lipinski definition) is 5. The number of nitrogens with one attached hydrogen (secondary N) is 3. The summed E-state index contributed by atoms with van der Waals surface area (Å²) < 4.78 is 74.1. The summed E-state index contributed by atoms with van der Waals surface area (Å²) in [6.45, 7) is 2.19. The number of H-pyrrole nitrogens is 1. The summed E-state index contributed by atoms with van der Waals surface area (Å²) in [5.74, 6) is -2.90. The van der Waals surface area contributed by atoms with E-state index in [0.29, 0.717) is 19.2 Å². The summed E-state index contributed by atoms with van der Waals surface area (Å²) in [5, 5.41) is 10.9. The molecule has 3 N–H and O–H groups in total. The number of alkyl halides is 4. The van der Waals surface area contributed by atoms with E-state index in [1.165, 1.54) is 6.92 Å². The highest BCUT2D eigenvalue weighted by molar-refractivity contribution is 5.85. The fourth-order valence-electron chi connectivity index (χ4n) is 3.12. The summed E-state index contributed by atoms with van der Waals surface area (Å²) in [7, 11) is 0. The van der Waals surface area contributed by atoms with E-state index in [0.717, 1.165) is 6.07 Å². The molecule has 2 aromatic rings. The van der Waals surface area contributed by atoms with Gasteiger partial charge in [0.15, 0.2) is 0 Å². The molecule has 0 unspecified atom stereocenters. The van der Waals surface area contributed by atoms with Crippen molar-refractivity contribution in [3.63, 3.8) is 0 Å². The van der Waals surface area contributed by atoms with Crippen LogP contribution in [0.25, 0.3) is 11.5 Å². The molecule has 0 saturated carbocycles. The molecule has 2 heterocycles. The van der Waals surface area contributed by atoms with E-state index >= 15 is 4.39 Å². The van der Waals surface area contributed by atoms with Crippen LogP contribution in [0.5, 0.6) is 0 Å². The molecule has 0 amide bonds. The molecule has 1 aromatic heterocycles. The third-order valence-electron chi connectivity index (χ3n) is 4.64. The van der Waals surface area contributed by atoms with Gasteiger partial charge in [-0.1, -0.05) is 0 Å². The van der Waals surface area contributed by atoms with Gasteiger partial charge >= 0.3 is 11.9 Å². The number of rotatable bonds is 4. The van der Waals surface area contributed by atoms with Gasteiger partial charge in [-0.15, -0.1) is 17.5 Å². The molecule has 0 radical (unpaired) electrons. The quantitative estimate of drug-likeness (QED) is 0.649. The fourth-order valence-corrected chi connectivity index (χ4v) is 3.12. The van der Waals surface area contributed by atoms with Crippen LogP contribution in [-0.2, 0) is 6.18 Å². The number of hydrogen-bond donors (Lipinski definition) is 3. The SMILES string of the molecule is C[C@H](Nc1cc(-c2n[nH]c(=O)o2)cc(F)c1C(F)(F)F)C1(F)CCNCC1.Cl. The lowest BCUT2D eigenvalue weighted by atomic mass is 9.87. The summed E-state index contributed by atoms with van der Waals surface area (Å²) in [5.41, 5.74) is -4.13. The van der Waals surface area contributed by atoms with Gasteiger partial charge in [-0.05, 0) is 45.0 Å². The Morgan fingerprint density at radius 1 is 1.29 bits per heavy atom. The van der Waals surface area contributed by atoms with Crippen LogP contribution in [0.4, 0.5) is 27.6 Å². The van der Waals surface area contributed by atoms with Crippen molar-refractivity contribution in [3.8, 4) is 11.5 Å². The molecule has 1 aliphatic heterocycles. The Morgan fingerprint density at radius 3 is 2.46 bits per heavy atom. The number of aromatic nitrogens is 2. The number of benzene rings is 1. The Kier molecular flexibility index (Phi) is 6.39. The maximum absolute atomic E-state index is 15.1. The molecule has 156 valence electrons. The van der Waals surface area contributed by atoms with Gasteiger partial charge < -0.3 is 15.1 Å². The zero-order chi connectivity index (χ0) is 19.8. The van der Waals surface area contributed by atoms with E-state index in [-0.39, 0.29) is 36.7 Å². The van der Waals surface area contributed by atoms with Crippen molar-refractivity contribution in [2.24, 2.45) is 0 Å². The van der Waals surface area contributed by atoms with Crippen molar-refractivity contribution in [2.75, 3.05) is 18.4 Å². The Balaban J connectivity index is 0.00000280. The van der Waals surface area contributed by atoms with Crippen LogP contribution in [-0.4, -0.2) is 35.0 Å². The first-order chi connectivity index (χ1) is 12.6. The predicted molar refractivity (Wildman–Crippen MR) is 93.8 cm³/mol. The van der Waals surface area contributed by atoms with Crippen molar-refractivity contribution in [1.29, 1.82) is 0 Å². The molecule has 1 atom stereocenters. The van der Waals surface area contributed by atoms with E-state index in [1.807, 2.05) is 5.10 Å². The van der Waals surface area contributed by atoms with Crippen LogP contribution in [0.1, 0.15) is 25.3 Å².